The predicted molar refractivity (Wildman–Crippen MR) is 119 cm³/mol. The Bertz CT molecular complexity index is 1020. The number of hydrogen-bond donors (Lipinski definition) is 2. The molecule has 0 atom stereocenters. The zero-order valence-corrected chi connectivity index (χ0v) is 17.7. The normalized spacial score (nSPS) is 13.6. The largest absolute Gasteiger partial charge is 0.341 e. The first-order chi connectivity index (χ1) is 15.2. The highest BCUT2D eigenvalue weighted by molar-refractivity contribution is 7.99. The van der Waals surface area contributed by atoms with Crippen molar-refractivity contribution in [3.05, 3.63) is 66.4 Å². The minimum Gasteiger partial charge on any atom is -0.341 e. The number of thioether (sulfide) groups is 1. The fourth-order valence-electron chi connectivity index (χ4n) is 3.25. The number of benzene rings is 1. The van der Waals surface area contributed by atoms with E-state index >= 15 is 0 Å². The van der Waals surface area contributed by atoms with Crippen molar-refractivity contribution in [1.29, 1.82) is 0 Å². The molecule has 3 heterocycles. The topological polar surface area (TPSA) is 105 Å². The van der Waals surface area contributed by atoms with Gasteiger partial charge in [-0.1, -0.05) is 18.2 Å². The van der Waals surface area contributed by atoms with Gasteiger partial charge in [0, 0.05) is 48.6 Å². The van der Waals surface area contributed by atoms with Crippen LogP contribution in [0.5, 0.6) is 0 Å². The van der Waals surface area contributed by atoms with Crippen LogP contribution in [0.15, 0.2) is 55.2 Å². The monoisotopic (exact) mass is 437 g/mol. The second-order valence-electron chi connectivity index (χ2n) is 7.00. The van der Waals surface area contributed by atoms with Gasteiger partial charge in [-0.05, 0) is 23.8 Å². The van der Waals surface area contributed by atoms with Gasteiger partial charge in [-0.25, -0.2) is 19.4 Å². The molecule has 0 saturated carbocycles. The number of pyridine rings is 1. The van der Waals surface area contributed by atoms with Gasteiger partial charge >= 0.3 is 6.03 Å². The van der Waals surface area contributed by atoms with Crippen molar-refractivity contribution in [1.82, 2.24) is 30.0 Å². The summed E-state index contributed by atoms with van der Waals surface area (Å²) in [6, 6.07) is 10.7. The third-order valence-electron chi connectivity index (χ3n) is 4.87. The molecule has 3 amide bonds. The molecule has 1 aromatic carbocycles. The number of anilines is 1. The van der Waals surface area contributed by atoms with E-state index in [-0.39, 0.29) is 18.5 Å². The number of hydrogen-bond acceptors (Lipinski definition) is 6. The number of rotatable bonds is 6. The lowest BCUT2D eigenvalue weighted by Gasteiger charge is -2.26. The van der Waals surface area contributed by atoms with E-state index < -0.39 is 0 Å². The molecule has 3 aromatic rings. The summed E-state index contributed by atoms with van der Waals surface area (Å²) in [5.41, 5.74) is 2.40. The van der Waals surface area contributed by atoms with Gasteiger partial charge in [-0.3, -0.25) is 4.79 Å². The molecule has 10 heteroatoms. The quantitative estimate of drug-likeness (QED) is 0.612. The fraction of sp³-hybridized carbons (Fsp3) is 0.286. The first-order valence-electron chi connectivity index (χ1n) is 9.97. The van der Waals surface area contributed by atoms with Crippen molar-refractivity contribution in [3.63, 3.8) is 0 Å². The highest BCUT2D eigenvalue weighted by atomic mass is 32.2. The predicted octanol–water partition coefficient (Wildman–Crippen LogP) is 2.10. The summed E-state index contributed by atoms with van der Waals surface area (Å²) in [4.78, 5) is 34.9. The minimum absolute atomic E-state index is 0.151. The van der Waals surface area contributed by atoms with Gasteiger partial charge in [0.2, 0.25) is 5.91 Å². The van der Waals surface area contributed by atoms with Crippen LogP contribution in [0.4, 0.5) is 10.5 Å². The second kappa shape index (κ2) is 10.1. The number of carbonyl (C=O) groups is 2. The molecule has 0 aliphatic carbocycles. The summed E-state index contributed by atoms with van der Waals surface area (Å²) in [7, 11) is 0. The second-order valence-corrected chi connectivity index (χ2v) is 8.23. The Hall–Kier alpha value is -3.40. The van der Waals surface area contributed by atoms with Crippen molar-refractivity contribution >= 4 is 29.4 Å². The molecule has 9 nitrogen and oxygen atoms in total. The maximum Gasteiger partial charge on any atom is 0.319 e. The van der Waals surface area contributed by atoms with Crippen molar-refractivity contribution in [3.8, 4) is 5.82 Å². The Morgan fingerprint density at radius 3 is 2.65 bits per heavy atom. The van der Waals surface area contributed by atoms with Crippen molar-refractivity contribution in [2.24, 2.45) is 0 Å². The first-order valence-corrected chi connectivity index (χ1v) is 11.1. The van der Waals surface area contributed by atoms with Gasteiger partial charge < -0.3 is 15.5 Å². The van der Waals surface area contributed by atoms with E-state index in [9.17, 15) is 9.59 Å². The van der Waals surface area contributed by atoms with Gasteiger partial charge in [0.1, 0.15) is 12.7 Å². The SMILES string of the molecule is O=C(NCc1cccnc1-n1cncn1)Nc1ccc(CC(=O)N2CCSCC2)cc1. The van der Waals surface area contributed by atoms with Crippen molar-refractivity contribution < 1.29 is 9.59 Å². The van der Waals surface area contributed by atoms with Gasteiger partial charge in [-0.15, -0.1) is 0 Å². The third-order valence-corrected chi connectivity index (χ3v) is 5.82. The standard InChI is InChI=1S/C21H23N7O2S/c29-19(27-8-10-31-11-9-27)12-16-3-5-18(6-4-16)26-21(30)24-13-17-2-1-7-23-20(17)28-15-22-14-25-28/h1-7,14-15H,8-13H2,(H2,24,26,30). The van der Waals surface area contributed by atoms with E-state index in [1.807, 2.05) is 34.9 Å². The lowest BCUT2D eigenvalue weighted by molar-refractivity contribution is -0.130. The molecule has 1 saturated heterocycles. The Labute approximate surface area is 184 Å². The van der Waals surface area contributed by atoms with Gasteiger partial charge in [-0.2, -0.15) is 16.9 Å². The maximum absolute atomic E-state index is 12.4. The highest BCUT2D eigenvalue weighted by Gasteiger charge is 2.17. The zero-order valence-electron chi connectivity index (χ0n) is 16.9. The first kappa shape index (κ1) is 20.9. The molecular formula is C21H23N7O2S. The minimum atomic E-state index is -0.331. The summed E-state index contributed by atoms with van der Waals surface area (Å²) in [5, 5.41) is 9.72. The van der Waals surface area contributed by atoms with Gasteiger partial charge in [0.05, 0.1) is 6.42 Å². The summed E-state index contributed by atoms with van der Waals surface area (Å²) < 4.78 is 1.55. The molecule has 1 fully saturated rings. The average molecular weight is 438 g/mol. The number of nitrogens with zero attached hydrogens (tertiary/aromatic N) is 5. The average Bonchev–Trinajstić information content (AvgIpc) is 3.35. The third kappa shape index (κ3) is 5.60. The van der Waals surface area contributed by atoms with Crippen LogP contribution in [0.3, 0.4) is 0 Å². The van der Waals surface area contributed by atoms with Crippen LogP contribution in [0.25, 0.3) is 5.82 Å². The number of nitrogens with one attached hydrogen (secondary N) is 2. The van der Waals surface area contributed by atoms with Gasteiger partial charge in [0.15, 0.2) is 5.82 Å². The Morgan fingerprint density at radius 1 is 1.10 bits per heavy atom. The molecule has 2 aromatic heterocycles. The zero-order chi connectivity index (χ0) is 21.5. The number of amides is 3. The van der Waals surface area contributed by atoms with E-state index in [0.717, 1.165) is 35.7 Å². The Morgan fingerprint density at radius 2 is 1.90 bits per heavy atom. The van der Waals surface area contributed by atoms with Crippen LogP contribution in [-0.2, 0) is 17.8 Å². The van der Waals surface area contributed by atoms with Crippen LogP contribution in [0, 0.1) is 0 Å². The molecular weight excluding hydrogens is 414 g/mol. The van der Waals surface area contributed by atoms with Crippen LogP contribution in [-0.4, -0.2) is 61.2 Å². The molecule has 0 radical (unpaired) electrons. The van der Waals surface area contributed by atoms with E-state index in [0.29, 0.717) is 17.9 Å². The summed E-state index contributed by atoms with van der Waals surface area (Å²) in [5.74, 6) is 2.77. The van der Waals surface area contributed by atoms with E-state index in [4.69, 9.17) is 0 Å². The molecule has 0 bridgehead atoms. The molecule has 4 rings (SSSR count). The molecule has 0 unspecified atom stereocenters. The lowest BCUT2D eigenvalue weighted by Crippen LogP contribution is -2.38. The van der Waals surface area contributed by atoms with Crippen LogP contribution < -0.4 is 10.6 Å². The van der Waals surface area contributed by atoms with E-state index in [1.165, 1.54) is 6.33 Å². The maximum atomic E-state index is 12.4. The summed E-state index contributed by atoms with van der Waals surface area (Å²) >= 11 is 1.88. The van der Waals surface area contributed by atoms with Crippen LogP contribution >= 0.6 is 11.8 Å². The van der Waals surface area contributed by atoms with Crippen molar-refractivity contribution in [2.45, 2.75) is 13.0 Å². The van der Waals surface area contributed by atoms with E-state index in [1.54, 1.807) is 35.4 Å². The molecule has 1 aliphatic heterocycles. The molecule has 1 aliphatic rings. The Balaban J connectivity index is 1.29. The highest BCUT2D eigenvalue weighted by Crippen LogP contribution is 2.14. The van der Waals surface area contributed by atoms with Crippen LogP contribution in [0.2, 0.25) is 0 Å². The molecule has 31 heavy (non-hydrogen) atoms. The van der Waals surface area contributed by atoms with E-state index in [2.05, 4.69) is 25.7 Å². The summed E-state index contributed by atoms with van der Waals surface area (Å²) in [6.45, 7) is 1.92. The number of aromatic nitrogens is 4. The molecule has 2 N–H and O–H groups in total. The number of carbonyl (C=O) groups excluding carboxylic acids is 2. The Kier molecular flexibility index (Phi) is 6.78. The van der Waals surface area contributed by atoms with Crippen molar-refractivity contribution in [2.75, 3.05) is 29.9 Å². The smallest absolute Gasteiger partial charge is 0.319 e. The van der Waals surface area contributed by atoms with Crippen LogP contribution in [0.1, 0.15) is 11.1 Å². The number of urea groups is 1. The molecule has 160 valence electrons. The van der Waals surface area contributed by atoms with Gasteiger partial charge in [0.25, 0.3) is 0 Å². The molecule has 0 spiro atoms. The summed E-state index contributed by atoms with van der Waals surface area (Å²) in [6.07, 6.45) is 5.03. The lowest BCUT2D eigenvalue weighted by atomic mass is 10.1. The fourth-order valence-corrected chi connectivity index (χ4v) is 4.15.